The average Bonchev–Trinajstić information content (AvgIpc) is 2.50. The van der Waals surface area contributed by atoms with Gasteiger partial charge in [-0.05, 0) is 38.9 Å². The molecule has 1 rings (SSSR count). The van der Waals surface area contributed by atoms with Gasteiger partial charge in [-0.1, -0.05) is 6.92 Å². The summed E-state index contributed by atoms with van der Waals surface area (Å²) >= 11 is 0. The number of carboxylic acid groups (broad SMARTS) is 1. The van der Waals surface area contributed by atoms with Crippen LogP contribution >= 0.6 is 0 Å². The molecule has 0 amide bonds. The second-order valence-corrected chi connectivity index (χ2v) is 4.10. The molecule has 0 bridgehead atoms. The normalized spacial score (nSPS) is 25.1. The molecule has 1 saturated heterocycles. The van der Waals surface area contributed by atoms with Crippen molar-refractivity contribution in [3.05, 3.63) is 0 Å². The summed E-state index contributed by atoms with van der Waals surface area (Å²) in [6.07, 6.45) is 1.89. The molecule has 82 valence electrons. The van der Waals surface area contributed by atoms with Crippen molar-refractivity contribution in [1.82, 2.24) is 10.2 Å². The van der Waals surface area contributed by atoms with Crippen LogP contribution in [0.4, 0.5) is 0 Å². The van der Waals surface area contributed by atoms with E-state index in [1.54, 1.807) is 0 Å². The van der Waals surface area contributed by atoms with Crippen LogP contribution in [0.2, 0.25) is 0 Å². The number of carbonyl (C=O) groups is 1. The van der Waals surface area contributed by atoms with Crippen LogP contribution in [0.1, 0.15) is 19.8 Å². The van der Waals surface area contributed by atoms with E-state index < -0.39 is 5.97 Å². The molecule has 0 aromatic carbocycles. The Kier molecular flexibility index (Phi) is 4.35. The van der Waals surface area contributed by atoms with Gasteiger partial charge in [0.15, 0.2) is 0 Å². The Bertz CT molecular complexity index is 197. The first-order chi connectivity index (χ1) is 6.63. The second kappa shape index (κ2) is 5.32. The number of hydrogen-bond acceptors (Lipinski definition) is 3. The first-order valence-corrected chi connectivity index (χ1v) is 5.28. The lowest BCUT2D eigenvalue weighted by Crippen LogP contribution is -2.38. The molecule has 14 heavy (non-hydrogen) atoms. The summed E-state index contributed by atoms with van der Waals surface area (Å²) in [6, 6.07) is -0.364. The molecule has 0 radical (unpaired) electrons. The summed E-state index contributed by atoms with van der Waals surface area (Å²) in [5, 5.41) is 12.0. The average molecular weight is 200 g/mol. The summed E-state index contributed by atoms with van der Waals surface area (Å²) in [5.41, 5.74) is 0. The van der Waals surface area contributed by atoms with E-state index in [9.17, 15) is 4.79 Å². The Balaban J connectivity index is 2.35. The number of aliphatic carboxylic acids is 1. The largest absolute Gasteiger partial charge is 0.480 e. The Morgan fingerprint density at radius 2 is 2.43 bits per heavy atom. The van der Waals surface area contributed by atoms with Crippen LogP contribution in [0.5, 0.6) is 0 Å². The Hall–Kier alpha value is -0.610. The van der Waals surface area contributed by atoms with E-state index in [1.165, 1.54) is 0 Å². The molecule has 0 spiro atoms. The van der Waals surface area contributed by atoms with E-state index in [0.717, 1.165) is 32.5 Å². The summed E-state index contributed by atoms with van der Waals surface area (Å²) in [7, 11) is 2.09. The van der Waals surface area contributed by atoms with E-state index in [0.29, 0.717) is 5.92 Å². The number of nitrogens with zero attached hydrogens (tertiary/aromatic N) is 1. The summed E-state index contributed by atoms with van der Waals surface area (Å²) in [4.78, 5) is 13.1. The molecular weight excluding hydrogens is 180 g/mol. The van der Waals surface area contributed by atoms with Crippen LogP contribution in [-0.4, -0.2) is 48.7 Å². The highest BCUT2D eigenvalue weighted by Gasteiger charge is 2.25. The maximum atomic E-state index is 10.9. The minimum atomic E-state index is -0.721. The third-order valence-corrected chi connectivity index (χ3v) is 2.81. The predicted molar refractivity (Wildman–Crippen MR) is 55.3 cm³/mol. The highest BCUT2D eigenvalue weighted by molar-refractivity contribution is 5.73. The molecule has 1 aliphatic heterocycles. The molecule has 4 nitrogen and oxygen atoms in total. The number of likely N-dealkylation sites (tertiary alicyclic amines) is 1. The molecule has 0 aromatic heterocycles. The lowest BCUT2D eigenvalue weighted by Gasteiger charge is -2.17. The van der Waals surface area contributed by atoms with Crippen molar-refractivity contribution in [3.63, 3.8) is 0 Å². The van der Waals surface area contributed by atoms with E-state index in [2.05, 4.69) is 17.3 Å². The molecule has 1 aliphatic rings. The fourth-order valence-corrected chi connectivity index (χ4v) is 2.07. The van der Waals surface area contributed by atoms with Crippen LogP contribution in [0.15, 0.2) is 0 Å². The van der Waals surface area contributed by atoms with Gasteiger partial charge in [-0.3, -0.25) is 4.79 Å². The molecule has 4 heteroatoms. The molecule has 2 N–H and O–H groups in total. The van der Waals surface area contributed by atoms with Crippen LogP contribution in [0.3, 0.4) is 0 Å². The van der Waals surface area contributed by atoms with Crippen molar-refractivity contribution in [3.8, 4) is 0 Å². The molecule has 2 unspecified atom stereocenters. The number of hydrogen-bond donors (Lipinski definition) is 2. The third-order valence-electron chi connectivity index (χ3n) is 2.81. The Morgan fingerprint density at radius 3 is 2.86 bits per heavy atom. The van der Waals surface area contributed by atoms with Gasteiger partial charge in [0, 0.05) is 6.54 Å². The minimum Gasteiger partial charge on any atom is -0.480 e. The van der Waals surface area contributed by atoms with E-state index in [4.69, 9.17) is 5.11 Å². The monoisotopic (exact) mass is 200 g/mol. The zero-order chi connectivity index (χ0) is 10.6. The topological polar surface area (TPSA) is 52.6 Å². The van der Waals surface area contributed by atoms with Gasteiger partial charge in [0.25, 0.3) is 0 Å². The molecule has 1 fully saturated rings. The van der Waals surface area contributed by atoms with Gasteiger partial charge in [0.05, 0.1) is 0 Å². The Labute approximate surface area is 85.3 Å². The minimum absolute atomic E-state index is 0.364. The smallest absolute Gasteiger partial charge is 0.320 e. The van der Waals surface area contributed by atoms with Crippen molar-refractivity contribution in [1.29, 1.82) is 0 Å². The predicted octanol–water partition coefficient (Wildman–Crippen LogP) is 0.391. The highest BCUT2D eigenvalue weighted by Crippen LogP contribution is 2.19. The van der Waals surface area contributed by atoms with Crippen molar-refractivity contribution in [2.45, 2.75) is 25.8 Å². The van der Waals surface area contributed by atoms with E-state index >= 15 is 0 Å². The van der Waals surface area contributed by atoms with Crippen molar-refractivity contribution in [2.75, 3.05) is 26.7 Å². The highest BCUT2D eigenvalue weighted by atomic mass is 16.4. The number of nitrogens with one attached hydrogen (secondary N) is 1. The van der Waals surface area contributed by atoms with Crippen LogP contribution in [0.25, 0.3) is 0 Å². The molecule has 0 aliphatic carbocycles. The van der Waals surface area contributed by atoms with Gasteiger partial charge < -0.3 is 15.3 Å². The number of likely N-dealkylation sites (N-methyl/N-ethyl adjacent to an activating group) is 1. The van der Waals surface area contributed by atoms with E-state index in [-0.39, 0.29) is 6.04 Å². The van der Waals surface area contributed by atoms with E-state index in [1.807, 2.05) is 6.92 Å². The molecule has 0 saturated carbocycles. The lowest BCUT2D eigenvalue weighted by atomic mass is 9.99. The van der Waals surface area contributed by atoms with Gasteiger partial charge in [-0.2, -0.15) is 0 Å². The van der Waals surface area contributed by atoms with Crippen LogP contribution in [0, 0.1) is 5.92 Å². The van der Waals surface area contributed by atoms with Crippen molar-refractivity contribution < 1.29 is 9.90 Å². The summed E-state index contributed by atoms with van der Waals surface area (Å²) in [5.74, 6) is -0.179. The lowest BCUT2D eigenvalue weighted by molar-refractivity contribution is -0.139. The SMILES string of the molecule is CCNC(CC1CCN(C)C1)C(=O)O. The second-order valence-electron chi connectivity index (χ2n) is 4.10. The maximum absolute atomic E-state index is 10.9. The quantitative estimate of drug-likeness (QED) is 0.674. The molecule has 2 atom stereocenters. The standard InChI is InChI=1S/C10H20N2O2/c1-3-11-9(10(13)14)6-8-4-5-12(2)7-8/h8-9,11H,3-7H2,1-2H3,(H,13,14). The molecular formula is C10H20N2O2. The van der Waals surface area contributed by atoms with Gasteiger partial charge in [0.2, 0.25) is 0 Å². The van der Waals surface area contributed by atoms with Crippen molar-refractivity contribution in [2.24, 2.45) is 5.92 Å². The third kappa shape index (κ3) is 3.27. The van der Waals surface area contributed by atoms with Crippen molar-refractivity contribution >= 4 is 5.97 Å². The first kappa shape index (κ1) is 11.5. The fourth-order valence-electron chi connectivity index (χ4n) is 2.07. The zero-order valence-electron chi connectivity index (χ0n) is 8.99. The first-order valence-electron chi connectivity index (χ1n) is 5.28. The molecule has 1 heterocycles. The van der Waals surface area contributed by atoms with Gasteiger partial charge in [0.1, 0.15) is 6.04 Å². The van der Waals surface area contributed by atoms with Crippen LogP contribution < -0.4 is 5.32 Å². The maximum Gasteiger partial charge on any atom is 0.320 e. The van der Waals surface area contributed by atoms with Gasteiger partial charge in [-0.15, -0.1) is 0 Å². The summed E-state index contributed by atoms with van der Waals surface area (Å²) in [6.45, 7) is 4.80. The fraction of sp³-hybridized carbons (Fsp3) is 0.900. The number of carboxylic acids is 1. The molecule has 0 aromatic rings. The summed E-state index contributed by atoms with van der Waals surface area (Å²) < 4.78 is 0. The Morgan fingerprint density at radius 1 is 1.71 bits per heavy atom. The number of rotatable bonds is 5. The van der Waals surface area contributed by atoms with Gasteiger partial charge in [-0.25, -0.2) is 0 Å². The van der Waals surface area contributed by atoms with Crippen LogP contribution in [-0.2, 0) is 4.79 Å². The zero-order valence-corrected chi connectivity index (χ0v) is 8.99. The van der Waals surface area contributed by atoms with Gasteiger partial charge >= 0.3 is 5.97 Å².